The number of nitrogen functional groups attached to an aromatic ring is 1. The second-order valence-corrected chi connectivity index (χ2v) is 3.97. The van der Waals surface area contributed by atoms with Crippen LogP contribution in [0.25, 0.3) is 0 Å². The molecule has 1 fully saturated rings. The molecule has 5 nitrogen and oxygen atoms in total. The lowest BCUT2D eigenvalue weighted by molar-refractivity contribution is 0.115. The van der Waals surface area contributed by atoms with E-state index in [0.29, 0.717) is 11.9 Å². The predicted molar refractivity (Wildman–Crippen MR) is 63.3 cm³/mol. The molecule has 0 bridgehead atoms. The molecule has 1 unspecified atom stereocenters. The van der Waals surface area contributed by atoms with Crippen LogP contribution in [-0.2, 0) is 4.74 Å². The van der Waals surface area contributed by atoms with Crippen LogP contribution >= 0.6 is 0 Å². The molecule has 2 N–H and O–H groups in total. The van der Waals surface area contributed by atoms with E-state index in [1.165, 1.54) is 6.33 Å². The van der Waals surface area contributed by atoms with Gasteiger partial charge in [0.25, 0.3) is 0 Å². The molecule has 0 aliphatic carbocycles. The summed E-state index contributed by atoms with van der Waals surface area (Å²) in [7, 11) is 0. The first-order valence-electron chi connectivity index (χ1n) is 5.73. The standard InChI is InChI=1S/C11H18N4O/c1-2-15(7-9-4-3-5-16-9)11-6-10(12)13-8-14-11/h6,8-9H,2-5,7H2,1H3,(H2,12,13,14). The average Bonchev–Trinajstić information content (AvgIpc) is 2.78. The zero-order chi connectivity index (χ0) is 11.4. The molecule has 0 spiro atoms. The van der Waals surface area contributed by atoms with Crippen LogP contribution in [0.5, 0.6) is 0 Å². The van der Waals surface area contributed by atoms with Crippen molar-refractivity contribution in [2.75, 3.05) is 30.3 Å². The number of nitrogens with two attached hydrogens (primary N) is 1. The van der Waals surface area contributed by atoms with Crippen molar-refractivity contribution < 1.29 is 4.74 Å². The van der Waals surface area contributed by atoms with E-state index in [4.69, 9.17) is 10.5 Å². The summed E-state index contributed by atoms with van der Waals surface area (Å²) in [5.41, 5.74) is 5.65. The molecule has 88 valence electrons. The van der Waals surface area contributed by atoms with Crippen LogP contribution in [0, 0.1) is 0 Å². The Kier molecular flexibility index (Phi) is 3.56. The van der Waals surface area contributed by atoms with Crippen molar-refractivity contribution >= 4 is 11.6 Å². The highest BCUT2D eigenvalue weighted by Crippen LogP contribution is 2.17. The second-order valence-electron chi connectivity index (χ2n) is 3.97. The molecule has 1 aromatic heterocycles. The van der Waals surface area contributed by atoms with Gasteiger partial charge in [-0.05, 0) is 19.8 Å². The van der Waals surface area contributed by atoms with Crippen LogP contribution in [-0.4, -0.2) is 35.8 Å². The number of nitrogens with zero attached hydrogens (tertiary/aromatic N) is 3. The molecule has 2 heterocycles. The number of hydrogen-bond donors (Lipinski definition) is 1. The summed E-state index contributed by atoms with van der Waals surface area (Å²) in [6.45, 7) is 4.77. The fraction of sp³-hybridized carbons (Fsp3) is 0.636. The fourth-order valence-electron chi connectivity index (χ4n) is 1.95. The van der Waals surface area contributed by atoms with E-state index in [2.05, 4.69) is 21.8 Å². The van der Waals surface area contributed by atoms with Gasteiger partial charge in [-0.25, -0.2) is 9.97 Å². The van der Waals surface area contributed by atoms with Gasteiger partial charge < -0.3 is 15.4 Å². The second kappa shape index (κ2) is 5.12. The monoisotopic (exact) mass is 222 g/mol. The van der Waals surface area contributed by atoms with Crippen molar-refractivity contribution in [2.45, 2.75) is 25.9 Å². The van der Waals surface area contributed by atoms with Crippen LogP contribution in [0.3, 0.4) is 0 Å². The number of likely N-dealkylation sites (N-methyl/N-ethyl adjacent to an activating group) is 1. The van der Waals surface area contributed by atoms with Crippen molar-refractivity contribution in [2.24, 2.45) is 0 Å². The minimum absolute atomic E-state index is 0.330. The van der Waals surface area contributed by atoms with E-state index in [-0.39, 0.29) is 0 Å². The highest BCUT2D eigenvalue weighted by atomic mass is 16.5. The first kappa shape index (κ1) is 11.1. The summed E-state index contributed by atoms with van der Waals surface area (Å²) in [5.74, 6) is 1.39. The lowest BCUT2D eigenvalue weighted by Crippen LogP contribution is -2.32. The Balaban J connectivity index is 2.03. The SMILES string of the molecule is CCN(CC1CCCO1)c1cc(N)ncn1. The lowest BCUT2D eigenvalue weighted by Gasteiger charge is -2.24. The lowest BCUT2D eigenvalue weighted by atomic mass is 10.2. The van der Waals surface area contributed by atoms with Gasteiger partial charge in [-0.15, -0.1) is 0 Å². The summed E-state index contributed by atoms with van der Waals surface area (Å²) < 4.78 is 5.62. The Hall–Kier alpha value is -1.36. The van der Waals surface area contributed by atoms with Crippen LogP contribution in [0.15, 0.2) is 12.4 Å². The number of aromatic nitrogens is 2. The largest absolute Gasteiger partial charge is 0.384 e. The van der Waals surface area contributed by atoms with Crippen molar-refractivity contribution in [3.05, 3.63) is 12.4 Å². The van der Waals surface area contributed by atoms with Crippen LogP contribution in [0.4, 0.5) is 11.6 Å². The van der Waals surface area contributed by atoms with E-state index in [9.17, 15) is 0 Å². The van der Waals surface area contributed by atoms with Gasteiger partial charge in [0, 0.05) is 25.8 Å². The number of anilines is 2. The molecular formula is C11H18N4O. The average molecular weight is 222 g/mol. The van der Waals surface area contributed by atoms with E-state index >= 15 is 0 Å². The summed E-state index contributed by atoms with van der Waals surface area (Å²) in [6.07, 6.45) is 4.13. The zero-order valence-corrected chi connectivity index (χ0v) is 9.59. The van der Waals surface area contributed by atoms with Crippen molar-refractivity contribution in [3.63, 3.8) is 0 Å². The number of ether oxygens (including phenoxy) is 1. The smallest absolute Gasteiger partial charge is 0.134 e. The molecule has 1 aliphatic rings. The Morgan fingerprint density at radius 2 is 2.44 bits per heavy atom. The molecule has 0 aromatic carbocycles. The van der Waals surface area contributed by atoms with Crippen molar-refractivity contribution in [1.82, 2.24) is 9.97 Å². The van der Waals surface area contributed by atoms with E-state index in [1.807, 2.05) is 0 Å². The van der Waals surface area contributed by atoms with Gasteiger partial charge in [-0.3, -0.25) is 0 Å². The molecule has 1 aromatic rings. The Bertz CT molecular complexity index is 339. The van der Waals surface area contributed by atoms with Crippen molar-refractivity contribution in [1.29, 1.82) is 0 Å². The third kappa shape index (κ3) is 2.61. The Morgan fingerprint density at radius 3 is 3.06 bits per heavy atom. The van der Waals surface area contributed by atoms with E-state index in [1.54, 1.807) is 6.07 Å². The maximum absolute atomic E-state index is 5.65. The van der Waals surface area contributed by atoms with Gasteiger partial charge in [-0.2, -0.15) is 0 Å². The first-order valence-corrected chi connectivity index (χ1v) is 5.73. The molecule has 2 rings (SSSR count). The molecule has 1 atom stereocenters. The van der Waals surface area contributed by atoms with Crippen LogP contribution in [0.2, 0.25) is 0 Å². The van der Waals surface area contributed by atoms with E-state index in [0.717, 1.165) is 38.4 Å². The molecule has 5 heteroatoms. The van der Waals surface area contributed by atoms with Crippen LogP contribution in [0.1, 0.15) is 19.8 Å². The van der Waals surface area contributed by atoms with Gasteiger partial charge in [-0.1, -0.05) is 0 Å². The summed E-state index contributed by atoms with van der Waals surface area (Å²) in [6, 6.07) is 1.80. The highest BCUT2D eigenvalue weighted by Gasteiger charge is 2.19. The maximum Gasteiger partial charge on any atom is 0.134 e. The Morgan fingerprint density at radius 1 is 1.56 bits per heavy atom. The number of rotatable bonds is 4. The number of hydrogen-bond acceptors (Lipinski definition) is 5. The van der Waals surface area contributed by atoms with Gasteiger partial charge >= 0.3 is 0 Å². The quantitative estimate of drug-likeness (QED) is 0.825. The first-order chi connectivity index (χ1) is 7.79. The zero-order valence-electron chi connectivity index (χ0n) is 9.59. The summed E-state index contributed by atoms with van der Waals surface area (Å²) >= 11 is 0. The maximum atomic E-state index is 5.65. The minimum atomic E-state index is 0.330. The van der Waals surface area contributed by atoms with Gasteiger partial charge in [0.2, 0.25) is 0 Å². The highest BCUT2D eigenvalue weighted by molar-refractivity contribution is 5.45. The topological polar surface area (TPSA) is 64.3 Å². The Labute approximate surface area is 95.6 Å². The molecule has 1 saturated heterocycles. The molecule has 16 heavy (non-hydrogen) atoms. The fourth-order valence-corrected chi connectivity index (χ4v) is 1.95. The molecular weight excluding hydrogens is 204 g/mol. The summed E-state index contributed by atoms with van der Waals surface area (Å²) in [4.78, 5) is 10.3. The van der Waals surface area contributed by atoms with E-state index < -0.39 is 0 Å². The van der Waals surface area contributed by atoms with Crippen LogP contribution < -0.4 is 10.6 Å². The van der Waals surface area contributed by atoms with Gasteiger partial charge in [0.1, 0.15) is 18.0 Å². The molecule has 0 saturated carbocycles. The molecule has 0 amide bonds. The molecule has 0 radical (unpaired) electrons. The third-order valence-corrected chi connectivity index (χ3v) is 2.83. The summed E-state index contributed by atoms with van der Waals surface area (Å²) in [5, 5.41) is 0. The third-order valence-electron chi connectivity index (χ3n) is 2.83. The predicted octanol–water partition coefficient (Wildman–Crippen LogP) is 1.06. The van der Waals surface area contributed by atoms with Crippen molar-refractivity contribution in [3.8, 4) is 0 Å². The minimum Gasteiger partial charge on any atom is -0.384 e. The normalized spacial score (nSPS) is 19.9. The van der Waals surface area contributed by atoms with Gasteiger partial charge in [0.15, 0.2) is 0 Å². The molecule has 1 aliphatic heterocycles. The van der Waals surface area contributed by atoms with Gasteiger partial charge in [0.05, 0.1) is 6.10 Å².